The second-order valence-corrected chi connectivity index (χ2v) is 6.20. The lowest BCUT2D eigenvalue weighted by atomic mass is 9.83. The van der Waals surface area contributed by atoms with Gasteiger partial charge in [0, 0.05) is 18.0 Å². The number of aromatic nitrogens is 1. The number of hydrogen-bond acceptors (Lipinski definition) is 4. The fourth-order valence-corrected chi connectivity index (χ4v) is 3.40. The van der Waals surface area contributed by atoms with Gasteiger partial charge in [0.25, 0.3) is 5.91 Å². The molecule has 0 radical (unpaired) electrons. The zero-order valence-corrected chi connectivity index (χ0v) is 12.6. The van der Waals surface area contributed by atoms with Crippen LogP contribution in [0.5, 0.6) is 0 Å². The van der Waals surface area contributed by atoms with Crippen LogP contribution in [0.3, 0.4) is 0 Å². The van der Waals surface area contributed by atoms with Crippen molar-refractivity contribution in [3.63, 3.8) is 0 Å². The molecule has 1 saturated carbocycles. The van der Waals surface area contributed by atoms with Crippen LogP contribution in [0.25, 0.3) is 0 Å². The van der Waals surface area contributed by atoms with E-state index in [0.29, 0.717) is 24.3 Å². The molecule has 2 fully saturated rings. The predicted molar refractivity (Wildman–Crippen MR) is 78.1 cm³/mol. The summed E-state index contributed by atoms with van der Waals surface area (Å²) in [5.74, 6) is -0.726. The first-order chi connectivity index (χ1) is 10.5. The Kier molecular flexibility index (Phi) is 3.87. The van der Waals surface area contributed by atoms with Gasteiger partial charge in [-0.25, -0.2) is 4.79 Å². The van der Waals surface area contributed by atoms with Crippen molar-refractivity contribution < 1.29 is 19.4 Å². The number of carbonyl (C=O) groups is 2. The number of amides is 1. The first kappa shape index (κ1) is 15.0. The Morgan fingerprint density at radius 1 is 1.32 bits per heavy atom. The highest BCUT2D eigenvalue weighted by molar-refractivity contribution is 5.97. The van der Waals surface area contributed by atoms with E-state index in [0.717, 1.165) is 12.8 Å². The second kappa shape index (κ2) is 5.68. The molecule has 1 aromatic heterocycles. The van der Waals surface area contributed by atoms with Crippen LogP contribution in [0, 0.1) is 5.92 Å². The van der Waals surface area contributed by atoms with Crippen molar-refractivity contribution in [1.82, 2.24) is 9.88 Å². The number of carboxylic acids is 1. The fourth-order valence-electron chi connectivity index (χ4n) is 3.40. The molecule has 0 aromatic carbocycles. The summed E-state index contributed by atoms with van der Waals surface area (Å²) in [4.78, 5) is 29.8. The minimum absolute atomic E-state index is 0.0561. The maximum atomic E-state index is 12.9. The van der Waals surface area contributed by atoms with Gasteiger partial charge in [0.2, 0.25) is 0 Å². The van der Waals surface area contributed by atoms with Gasteiger partial charge < -0.3 is 9.84 Å². The van der Waals surface area contributed by atoms with E-state index >= 15 is 0 Å². The van der Waals surface area contributed by atoms with Crippen LogP contribution in [0.2, 0.25) is 0 Å². The number of ether oxygens (including phenoxy) is 1. The second-order valence-electron chi connectivity index (χ2n) is 6.20. The number of rotatable bonds is 2. The fraction of sp³-hybridized carbons (Fsp3) is 0.562. The Balaban J connectivity index is 1.94. The standard InChI is InChI=1S/C16H20N2O4/c1-11-2-6-16(7-3-11)18(13(10-22-16)15(20)21)14(19)12-4-8-17-9-5-12/h4-5,8-9,11,13H,2-3,6-7,10H2,1H3,(H,20,21). The zero-order valence-electron chi connectivity index (χ0n) is 12.6. The van der Waals surface area contributed by atoms with Gasteiger partial charge in [0.15, 0.2) is 6.04 Å². The Labute approximate surface area is 129 Å². The highest BCUT2D eigenvalue weighted by atomic mass is 16.5. The smallest absolute Gasteiger partial charge is 0.328 e. The largest absolute Gasteiger partial charge is 0.480 e. The van der Waals surface area contributed by atoms with Gasteiger partial charge in [0.1, 0.15) is 5.72 Å². The van der Waals surface area contributed by atoms with Crippen LogP contribution in [-0.4, -0.2) is 45.2 Å². The summed E-state index contributed by atoms with van der Waals surface area (Å²) in [5.41, 5.74) is -0.319. The lowest BCUT2D eigenvalue weighted by molar-refractivity contribution is -0.143. The summed E-state index contributed by atoms with van der Waals surface area (Å²) in [6, 6.07) is 2.30. The van der Waals surface area contributed by atoms with E-state index in [1.54, 1.807) is 12.1 Å². The van der Waals surface area contributed by atoms with Crippen LogP contribution >= 0.6 is 0 Å². The van der Waals surface area contributed by atoms with Gasteiger partial charge in [-0.1, -0.05) is 6.92 Å². The summed E-state index contributed by atoms with van der Waals surface area (Å²) >= 11 is 0. The average molecular weight is 304 g/mol. The Hall–Kier alpha value is -1.95. The van der Waals surface area contributed by atoms with Crippen LogP contribution in [-0.2, 0) is 9.53 Å². The highest BCUT2D eigenvalue weighted by Gasteiger charge is 2.53. The molecule has 1 aliphatic heterocycles. The number of pyridine rings is 1. The molecule has 1 saturated heterocycles. The molecule has 1 aliphatic carbocycles. The summed E-state index contributed by atoms with van der Waals surface area (Å²) in [6.07, 6.45) is 6.33. The summed E-state index contributed by atoms with van der Waals surface area (Å²) in [5, 5.41) is 9.46. The van der Waals surface area contributed by atoms with E-state index in [2.05, 4.69) is 11.9 Å². The zero-order chi connectivity index (χ0) is 15.7. The number of aliphatic carboxylic acids is 1. The topological polar surface area (TPSA) is 79.7 Å². The summed E-state index contributed by atoms with van der Waals surface area (Å²) in [6.45, 7) is 2.23. The molecular weight excluding hydrogens is 284 g/mol. The van der Waals surface area contributed by atoms with E-state index < -0.39 is 17.7 Å². The Morgan fingerprint density at radius 2 is 1.95 bits per heavy atom. The molecule has 1 unspecified atom stereocenters. The van der Waals surface area contributed by atoms with Crippen molar-refractivity contribution in [3.8, 4) is 0 Å². The maximum Gasteiger partial charge on any atom is 0.328 e. The average Bonchev–Trinajstić information content (AvgIpc) is 2.90. The molecule has 118 valence electrons. The molecule has 1 spiro atoms. The molecule has 6 heteroatoms. The molecule has 6 nitrogen and oxygen atoms in total. The maximum absolute atomic E-state index is 12.9. The molecule has 1 amide bonds. The van der Waals surface area contributed by atoms with Crippen molar-refractivity contribution in [2.45, 2.75) is 44.4 Å². The van der Waals surface area contributed by atoms with Gasteiger partial charge in [-0.3, -0.25) is 14.7 Å². The van der Waals surface area contributed by atoms with Crippen LogP contribution in [0.1, 0.15) is 43.0 Å². The van der Waals surface area contributed by atoms with Gasteiger partial charge in [-0.05, 0) is 43.7 Å². The van der Waals surface area contributed by atoms with E-state index in [1.807, 2.05) is 0 Å². The predicted octanol–water partition coefficient (Wildman–Crippen LogP) is 1.91. The quantitative estimate of drug-likeness (QED) is 0.903. The molecule has 22 heavy (non-hydrogen) atoms. The third-order valence-electron chi connectivity index (χ3n) is 4.75. The third kappa shape index (κ3) is 2.47. The summed E-state index contributed by atoms with van der Waals surface area (Å²) < 4.78 is 5.87. The molecule has 1 aromatic rings. The van der Waals surface area contributed by atoms with Crippen molar-refractivity contribution in [2.24, 2.45) is 5.92 Å². The first-order valence-corrected chi connectivity index (χ1v) is 7.64. The number of nitrogens with zero attached hydrogens (tertiary/aromatic N) is 2. The Morgan fingerprint density at radius 3 is 2.55 bits per heavy atom. The van der Waals surface area contributed by atoms with Gasteiger partial charge >= 0.3 is 5.97 Å². The molecule has 1 atom stereocenters. The Bertz CT molecular complexity index is 567. The van der Waals surface area contributed by atoms with E-state index in [-0.39, 0.29) is 12.5 Å². The molecule has 2 heterocycles. The normalized spacial score (nSPS) is 31.4. The number of carbonyl (C=O) groups excluding carboxylic acids is 1. The SMILES string of the molecule is CC1CCC2(CC1)OCC(C(=O)O)N2C(=O)c1ccncc1. The minimum Gasteiger partial charge on any atom is -0.480 e. The van der Waals surface area contributed by atoms with E-state index in [1.165, 1.54) is 17.3 Å². The molecule has 3 rings (SSSR count). The van der Waals surface area contributed by atoms with Crippen molar-refractivity contribution >= 4 is 11.9 Å². The van der Waals surface area contributed by atoms with Crippen molar-refractivity contribution in [3.05, 3.63) is 30.1 Å². The number of hydrogen-bond donors (Lipinski definition) is 1. The molecule has 0 bridgehead atoms. The monoisotopic (exact) mass is 304 g/mol. The van der Waals surface area contributed by atoms with Gasteiger partial charge in [-0.2, -0.15) is 0 Å². The molecule has 1 N–H and O–H groups in total. The van der Waals surface area contributed by atoms with Crippen molar-refractivity contribution in [2.75, 3.05) is 6.61 Å². The van der Waals surface area contributed by atoms with Crippen LogP contribution < -0.4 is 0 Å². The first-order valence-electron chi connectivity index (χ1n) is 7.64. The summed E-state index contributed by atoms with van der Waals surface area (Å²) in [7, 11) is 0. The lowest BCUT2D eigenvalue weighted by Gasteiger charge is -2.42. The molecular formula is C16H20N2O4. The van der Waals surface area contributed by atoms with Crippen LogP contribution in [0.15, 0.2) is 24.5 Å². The van der Waals surface area contributed by atoms with Crippen molar-refractivity contribution in [1.29, 1.82) is 0 Å². The minimum atomic E-state index is -1.02. The van der Waals surface area contributed by atoms with Crippen LogP contribution in [0.4, 0.5) is 0 Å². The third-order valence-corrected chi connectivity index (χ3v) is 4.75. The van der Waals surface area contributed by atoms with Gasteiger partial charge in [-0.15, -0.1) is 0 Å². The van der Waals surface area contributed by atoms with Gasteiger partial charge in [0.05, 0.1) is 6.61 Å². The number of carboxylic acid groups (broad SMARTS) is 1. The van der Waals surface area contributed by atoms with E-state index in [9.17, 15) is 14.7 Å². The molecule has 2 aliphatic rings. The highest BCUT2D eigenvalue weighted by Crippen LogP contribution is 2.42. The lowest BCUT2D eigenvalue weighted by Crippen LogP contribution is -2.55. The van der Waals surface area contributed by atoms with E-state index in [4.69, 9.17) is 4.74 Å².